The van der Waals surface area contributed by atoms with Gasteiger partial charge >= 0.3 is 0 Å². The van der Waals surface area contributed by atoms with Crippen molar-refractivity contribution < 1.29 is 0 Å². The summed E-state index contributed by atoms with van der Waals surface area (Å²) in [5.74, 6) is 0. The molecule has 0 aromatic heterocycles. The summed E-state index contributed by atoms with van der Waals surface area (Å²) in [4.78, 5) is 0. The standard InChI is InChI=1S/C15H26B2/c1-6-14-10-9-13(11-15(14)16(4)5)12-17(7-2)8-3/h9-11H,6-8,12H2,1-5H3. The van der Waals surface area contributed by atoms with E-state index in [2.05, 4.69) is 52.6 Å². The van der Waals surface area contributed by atoms with Crippen LogP contribution in [0.15, 0.2) is 18.2 Å². The molecule has 0 unspecified atom stereocenters. The zero-order chi connectivity index (χ0) is 12.8. The van der Waals surface area contributed by atoms with E-state index < -0.39 is 0 Å². The molecule has 0 amide bonds. The lowest BCUT2D eigenvalue weighted by Crippen LogP contribution is -2.27. The monoisotopic (exact) mass is 228 g/mol. The van der Waals surface area contributed by atoms with Gasteiger partial charge in [0, 0.05) is 0 Å². The van der Waals surface area contributed by atoms with E-state index >= 15 is 0 Å². The van der Waals surface area contributed by atoms with Crippen LogP contribution in [0.1, 0.15) is 31.9 Å². The zero-order valence-corrected chi connectivity index (χ0v) is 12.2. The van der Waals surface area contributed by atoms with Crippen molar-refractivity contribution in [3.8, 4) is 0 Å². The van der Waals surface area contributed by atoms with Gasteiger partial charge in [-0.1, -0.05) is 81.8 Å². The molecule has 92 valence electrons. The Morgan fingerprint density at radius 3 is 2.12 bits per heavy atom. The molecule has 1 aromatic rings. The van der Waals surface area contributed by atoms with Crippen molar-refractivity contribution >= 4 is 18.9 Å². The van der Waals surface area contributed by atoms with Gasteiger partial charge in [0.15, 0.2) is 6.71 Å². The Hall–Kier alpha value is -0.650. The number of rotatable bonds is 6. The van der Waals surface area contributed by atoms with Crippen molar-refractivity contribution in [1.82, 2.24) is 0 Å². The predicted molar refractivity (Wildman–Crippen MR) is 83.4 cm³/mol. The van der Waals surface area contributed by atoms with Crippen LogP contribution >= 0.6 is 0 Å². The molecule has 0 spiro atoms. The van der Waals surface area contributed by atoms with Crippen molar-refractivity contribution in [2.24, 2.45) is 0 Å². The van der Waals surface area contributed by atoms with Gasteiger partial charge in [-0.25, -0.2) is 0 Å². The lowest BCUT2D eigenvalue weighted by molar-refractivity contribution is 1.14. The van der Waals surface area contributed by atoms with Crippen molar-refractivity contribution in [2.45, 2.75) is 59.8 Å². The molecule has 0 aliphatic heterocycles. The van der Waals surface area contributed by atoms with Gasteiger partial charge in [-0.15, -0.1) is 0 Å². The van der Waals surface area contributed by atoms with Crippen LogP contribution in [0.4, 0.5) is 0 Å². The summed E-state index contributed by atoms with van der Waals surface area (Å²) in [6.07, 6.45) is 4.99. The minimum absolute atomic E-state index is 0.645. The summed E-state index contributed by atoms with van der Waals surface area (Å²) in [7, 11) is 0. The van der Waals surface area contributed by atoms with Crippen LogP contribution in [0, 0.1) is 0 Å². The molecule has 0 nitrogen and oxygen atoms in total. The van der Waals surface area contributed by atoms with E-state index in [0.717, 1.165) is 13.1 Å². The molecule has 0 saturated carbocycles. The third-order valence-corrected chi connectivity index (χ3v) is 3.89. The third kappa shape index (κ3) is 3.94. The molecule has 17 heavy (non-hydrogen) atoms. The SMILES string of the molecule is CCB(CC)Cc1ccc(CC)c(B(C)C)c1. The molecule has 0 heterocycles. The van der Waals surface area contributed by atoms with Gasteiger partial charge < -0.3 is 0 Å². The predicted octanol–water partition coefficient (Wildman–Crippen LogP) is 3.83. The lowest BCUT2D eigenvalue weighted by Gasteiger charge is -2.14. The molecular formula is C15H26B2. The van der Waals surface area contributed by atoms with Crippen molar-refractivity contribution in [3.63, 3.8) is 0 Å². The Morgan fingerprint density at radius 2 is 1.65 bits per heavy atom. The van der Waals surface area contributed by atoms with Crippen LogP contribution in [0.2, 0.25) is 26.3 Å². The van der Waals surface area contributed by atoms with E-state index in [1.165, 1.54) is 30.1 Å². The summed E-state index contributed by atoms with van der Waals surface area (Å²) >= 11 is 0. The maximum atomic E-state index is 2.45. The average Bonchev–Trinajstić information content (AvgIpc) is 2.35. The highest BCUT2D eigenvalue weighted by Crippen LogP contribution is 2.10. The van der Waals surface area contributed by atoms with Gasteiger partial charge in [0.25, 0.3) is 0 Å². The Balaban J connectivity index is 2.91. The van der Waals surface area contributed by atoms with Gasteiger partial charge in [-0.3, -0.25) is 0 Å². The van der Waals surface area contributed by atoms with Crippen LogP contribution in [-0.4, -0.2) is 13.4 Å². The smallest absolute Gasteiger partial charge is 0.0819 e. The fraction of sp³-hybridized carbons (Fsp3) is 0.600. The molecular weight excluding hydrogens is 202 g/mol. The summed E-state index contributed by atoms with van der Waals surface area (Å²) in [5.41, 5.74) is 4.60. The first kappa shape index (κ1) is 14.4. The summed E-state index contributed by atoms with van der Waals surface area (Å²) in [5, 5.41) is 0. The summed E-state index contributed by atoms with van der Waals surface area (Å²) < 4.78 is 0. The maximum Gasteiger partial charge on any atom is 0.169 e. The molecule has 0 radical (unpaired) electrons. The second-order valence-electron chi connectivity index (χ2n) is 5.43. The highest BCUT2D eigenvalue weighted by Gasteiger charge is 2.12. The second-order valence-corrected chi connectivity index (χ2v) is 5.43. The average molecular weight is 228 g/mol. The van der Waals surface area contributed by atoms with Crippen LogP contribution in [-0.2, 0) is 12.7 Å². The molecule has 0 saturated heterocycles. The zero-order valence-electron chi connectivity index (χ0n) is 12.2. The first-order valence-corrected chi connectivity index (χ1v) is 7.23. The molecule has 0 aliphatic rings. The van der Waals surface area contributed by atoms with Crippen LogP contribution in [0.5, 0.6) is 0 Å². The van der Waals surface area contributed by atoms with Gasteiger partial charge in [0.2, 0.25) is 0 Å². The topological polar surface area (TPSA) is 0 Å². The number of hydrogen-bond donors (Lipinski definition) is 0. The molecule has 1 rings (SSSR count). The fourth-order valence-corrected chi connectivity index (χ4v) is 2.54. The van der Waals surface area contributed by atoms with Crippen molar-refractivity contribution in [3.05, 3.63) is 29.3 Å². The van der Waals surface area contributed by atoms with E-state index in [1.54, 1.807) is 5.46 Å². The molecule has 0 fully saturated rings. The molecule has 0 atom stereocenters. The minimum atomic E-state index is 0.645. The van der Waals surface area contributed by atoms with Gasteiger partial charge in [0.05, 0.1) is 0 Å². The van der Waals surface area contributed by atoms with E-state index in [-0.39, 0.29) is 0 Å². The highest BCUT2D eigenvalue weighted by atomic mass is 14.0. The molecule has 0 aliphatic carbocycles. The lowest BCUT2D eigenvalue weighted by atomic mass is 9.42. The second kappa shape index (κ2) is 6.93. The first-order chi connectivity index (χ1) is 8.12. The number of benzene rings is 1. The third-order valence-electron chi connectivity index (χ3n) is 3.89. The van der Waals surface area contributed by atoms with Gasteiger partial charge in [-0.2, -0.15) is 0 Å². The molecule has 0 N–H and O–H groups in total. The molecule has 0 bridgehead atoms. The normalized spacial score (nSPS) is 10.4. The quantitative estimate of drug-likeness (QED) is 0.649. The summed E-state index contributed by atoms with van der Waals surface area (Å²) in [6.45, 7) is 13.0. The summed E-state index contributed by atoms with van der Waals surface area (Å²) in [6, 6.07) is 7.12. The van der Waals surface area contributed by atoms with Gasteiger partial charge in [-0.05, 0) is 12.7 Å². The fourth-order valence-electron chi connectivity index (χ4n) is 2.54. The Morgan fingerprint density at radius 1 is 1.00 bits per heavy atom. The van der Waals surface area contributed by atoms with Crippen molar-refractivity contribution in [1.29, 1.82) is 0 Å². The highest BCUT2D eigenvalue weighted by molar-refractivity contribution is 6.71. The Labute approximate surface area is 108 Å². The Bertz CT molecular complexity index is 341. The van der Waals surface area contributed by atoms with Crippen molar-refractivity contribution in [2.75, 3.05) is 0 Å². The minimum Gasteiger partial charge on any atom is -0.0819 e. The number of aryl methyl sites for hydroxylation is 1. The van der Waals surface area contributed by atoms with Gasteiger partial charge in [0.1, 0.15) is 6.71 Å². The van der Waals surface area contributed by atoms with E-state index in [1.807, 2.05) is 0 Å². The Kier molecular flexibility index (Phi) is 5.88. The van der Waals surface area contributed by atoms with E-state index in [9.17, 15) is 0 Å². The van der Waals surface area contributed by atoms with E-state index in [4.69, 9.17) is 0 Å². The van der Waals surface area contributed by atoms with E-state index in [0.29, 0.717) is 6.71 Å². The van der Waals surface area contributed by atoms with Crippen LogP contribution < -0.4 is 5.46 Å². The molecule has 2 heteroatoms. The molecule has 1 aromatic carbocycles. The number of hydrogen-bond acceptors (Lipinski definition) is 0. The van der Waals surface area contributed by atoms with Crippen LogP contribution in [0.3, 0.4) is 0 Å². The largest absolute Gasteiger partial charge is 0.169 e. The first-order valence-electron chi connectivity index (χ1n) is 7.23. The maximum absolute atomic E-state index is 2.45. The van der Waals surface area contributed by atoms with Crippen LogP contribution in [0.25, 0.3) is 0 Å².